The van der Waals surface area contributed by atoms with Crippen LogP contribution in [0.1, 0.15) is 18.3 Å². The smallest absolute Gasteiger partial charge is 0.419 e. The van der Waals surface area contributed by atoms with Crippen LogP contribution in [0.3, 0.4) is 0 Å². The Kier molecular flexibility index (Phi) is 3.81. The fourth-order valence-electron chi connectivity index (χ4n) is 0.934. The average molecular weight is 234 g/mol. The Morgan fingerprint density at radius 3 is 2.38 bits per heavy atom. The van der Waals surface area contributed by atoms with Crippen LogP contribution in [-0.4, -0.2) is 22.5 Å². The van der Waals surface area contributed by atoms with E-state index >= 15 is 0 Å². The number of carbonyl (C=O) groups is 1. The molecular formula is C9H9F3N2O2. The molecule has 0 aromatic carbocycles. The second-order valence-electron chi connectivity index (χ2n) is 2.87. The van der Waals surface area contributed by atoms with E-state index in [2.05, 4.69) is 14.7 Å². The quantitative estimate of drug-likeness (QED) is 0.745. The summed E-state index contributed by atoms with van der Waals surface area (Å²) in [6.45, 7) is 1.84. The Balaban J connectivity index is 2.69. The zero-order chi connectivity index (χ0) is 12.2. The monoisotopic (exact) mass is 234 g/mol. The van der Waals surface area contributed by atoms with E-state index < -0.39 is 17.7 Å². The van der Waals surface area contributed by atoms with Gasteiger partial charge in [-0.05, 0) is 6.92 Å². The number of nitrogens with zero attached hydrogens (tertiary/aromatic N) is 2. The van der Waals surface area contributed by atoms with Crippen molar-refractivity contribution >= 4 is 5.97 Å². The maximum Gasteiger partial charge on any atom is 0.419 e. The molecule has 0 aliphatic rings. The third-order valence-corrected chi connectivity index (χ3v) is 1.64. The van der Waals surface area contributed by atoms with Gasteiger partial charge in [-0.25, -0.2) is 9.97 Å². The predicted octanol–water partition coefficient (Wildman–Crippen LogP) is 1.60. The van der Waals surface area contributed by atoms with Crippen molar-refractivity contribution in [1.29, 1.82) is 0 Å². The normalized spacial score (nSPS) is 11.2. The van der Waals surface area contributed by atoms with E-state index in [1.54, 1.807) is 6.92 Å². The van der Waals surface area contributed by atoms with Crippen molar-refractivity contribution in [3.8, 4) is 0 Å². The van der Waals surface area contributed by atoms with Crippen LogP contribution < -0.4 is 0 Å². The SMILES string of the molecule is CCOC(=O)Cc1ncc(C(F)(F)F)cn1. The molecule has 7 heteroatoms. The van der Waals surface area contributed by atoms with Crippen LogP contribution in [0.2, 0.25) is 0 Å². The highest BCUT2D eigenvalue weighted by Gasteiger charge is 2.31. The molecule has 0 aliphatic carbocycles. The van der Waals surface area contributed by atoms with Gasteiger partial charge in [-0.2, -0.15) is 13.2 Å². The van der Waals surface area contributed by atoms with Crippen LogP contribution in [0, 0.1) is 0 Å². The fraction of sp³-hybridized carbons (Fsp3) is 0.444. The second kappa shape index (κ2) is 4.91. The van der Waals surface area contributed by atoms with Crippen LogP contribution in [0.25, 0.3) is 0 Å². The molecule has 0 bridgehead atoms. The molecule has 1 aromatic rings. The van der Waals surface area contributed by atoms with E-state index in [0.717, 1.165) is 0 Å². The van der Waals surface area contributed by atoms with Gasteiger partial charge in [-0.1, -0.05) is 0 Å². The Morgan fingerprint density at radius 1 is 1.38 bits per heavy atom. The van der Waals surface area contributed by atoms with Crippen molar-refractivity contribution in [3.05, 3.63) is 23.8 Å². The molecule has 0 saturated heterocycles. The highest BCUT2D eigenvalue weighted by Crippen LogP contribution is 2.27. The van der Waals surface area contributed by atoms with Gasteiger partial charge in [0.25, 0.3) is 0 Å². The van der Waals surface area contributed by atoms with Gasteiger partial charge in [-0.15, -0.1) is 0 Å². The summed E-state index contributed by atoms with van der Waals surface area (Å²) in [6, 6.07) is 0. The Bertz CT molecular complexity index is 362. The lowest BCUT2D eigenvalue weighted by atomic mass is 10.3. The average Bonchev–Trinajstić information content (AvgIpc) is 2.17. The Hall–Kier alpha value is -1.66. The van der Waals surface area contributed by atoms with Gasteiger partial charge in [0, 0.05) is 12.4 Å². The van der Waals surface area contributed by atoms with Gasteiger partial charge in [-0.3, -0.25) is 4.79 Å². The van der Waals surface area contributed by atoms with E-state index in [0.29, 0.717) is 12.4 Å². The van der Waals surface area contributed by atoms with Crippen molar-refractivity contribution in [1.82, 2.24) is 9.97 Å². The maximum atomic E-state index is 12.1. The molecule has 0 unspecified atom stereocenters. The third kappa shape index (κ3) is 3.48. The van der Waals surface area contributed by atoms with Crippen molar-refractivity contribution in [2.24, 2.45) is 0 Å². The molecule has 4 nitrogen and oxygen atoms in total. The number of halogens is 3. The van der Waals surface area contributed by atoms with Crippen molar-refractivity contribution in [2.45, 2.75) is 19.5 Å². The third-order valence-electron chi connectivity index (χ3n) is 1.64. The highest BCUT2D eigenvalue weighted by molar-refractivity contribution is 5.71. The lowest BCUT2D eigenvalue weighted by Gasteiger charge is -2.05. The van der Waals surface area contributed by atoms with Crippen LogP contribution in [0.15, 0.2) is 12.4 Å². The first-order chi connectivity index (χ1) is 7.43. The topological polar surface area (TPSA) is 52.1 Å². The van der Waals surface area contributed by atoms with Crippen LogP contribution >= 0.6 is 0 Å². The number of hydrogen-bond donors (Lipinski definition) is 0. The van der Waals surface area contributed by atoms with Gasteiger partial charge in [0.05, 0.1) is 12.2 Å². The molecule has 0 amide bonds. The molecule has 1 aromatic heterocycles. The van der Waals surface area contributed by atoms with Gasteiger partial charge in [0.1, 0.15) is 12.2 Å². The molecule has 0 saturated carbocycles. The Morgan fingerprint density at radius 2 is 1.94 bits per heavy atom. The highest BCUT2D eigenvalue weighted by atomic mass is 19.4. The summed E-state index contributed by atoms with van der Waals surface area (Å²) in [5.41, 5.74) is -0.944. The number of carbonyl (C=O) groups excluding carboxylic acids is 1. The van der Waals surface area contributed by atoms with Crippen LogP contribution in [0.5, 0.6) is 0 Å². The molecule has 0 radical (unpaired) electrons. The summed E-state index contributed by atoms with van der Waals surface area (Å²) >= 11 is 0. The first-order valence-electron chi connectivity index (χ1n) is 4.47. The van der Waals surface area contributed by atoms with E-state index in [1.165, 1.54) is 0 Å². The number of ether oxygens (including phenoxy) is 1. The molecule has 1 rings (SSSR count). The number of rotatable bonds is 3. The van der Waals surface area contributed by atoms with E-state index in [9.17, 15) is 18.0 Å². The molecule has 88 valence electrons. The fourth-order valence-corrected chi connectivity index (χ4v) is 0.934. The van der Waals surface area contributed by atoms with Crippen molar-refractivity contribution in [2.75, 3.05) is 6.61 Å². The lowest BCUT2D eigenvalue weighted by Crippen LogP contribution is -2.12. The zero-order valence-corrected chi connectivity index (χ0v) is 8.41. The van der Waals surface area contributed by atoms with Gasteiger partial charge < -0.3 is 4.74 Å². The van der Waals surface area contributed by atoms with Crippen LogP contribution in [0.4, 0.5) is 13.2 Å². The number of alkyl halides is 3. The van der Waals surface area contributed by atoms with E-state index in [4.69, 9.17) is 0 Å². The molecule has 1 heterocycles. The minimum absolute atomic E-state index is 0.00597. The molecule has 0 spiro atoms. The van der Waals surface area contributed by atoms with Crippen molar-refractivity contribution < 1.29 is 22.7 Å². The minimum Gasteiger partial charge on any atom is -0.466 e. The summed E-state index contributed by atoms with van der Waals surface area (Å²) in [5, 5.41) is 0. The molecular weight excluding hydrogens is 225 g/mol. The summed E-state index contributed by atoms with van der Waals surface area (Å²) in [6.07, 6.45) is -3.42. The molecule has 0 N–H and O–H groups in total. The van der Waals surface area contributed by atoms with Gasteiger partial charge in [0.2, 0.25) is 0 Å². The Labute approximate surface area is 89.5 Å². The second-order valence-corrected chi connectivity index (χ2v) is 2.87. The zero-order valence-electron chi connectivity index (χ0n) is 8.41. The standard InChI is InChI=1S/C9H9F3N2O2/c1-2-16-8(15)3-7-13-4-6(5-14-7)9(10,11)12/h4-5H,2-3H2,1H3. The minimum atomic E-state index is -4.47. The molecule has 0 atom stereocenters. The van der Waals surface area contributed by atoms with Crippen LogP contribution in [-0.2, 0) is 22.1 Å². The molecule has 0 aliphatic heterocycles. The summed E-state index contributed by atoms with van der Waals surface area (Å²) in [4.78, 5) is 17.8. The number of hydrogen-bond acceptors (Lipinski definition) is 4. The largest absolute Gasteiger partial charge is 0.466 e. The number of aromatic nitrogens is 2. The summed E-state index contributed by atoms with van der Waals surface area (Å²) in [7, 11) is 0. The summed E-state index contributed by atoms with van der Waals surface area (Å²) in [5.74, 6) is -0.561. The first-order valence-corrected chi connectivity index (χ1v) is 4.47. The molecule has 16 heavy (non-hydrogen) atoms. The van der Waals surface area contributed by atoms with E-state index in [-0.39, 0.29) is 18.9 Å². The molecule has 0 fully saturated rings. The van der Waals surface area contributed by atoms with Gasteiger partial charge in [0.15, 0.2) is 0 Å². The lowest BCUT2D eigenvalue weighted by molar-refractivity contribution is -0.142. The van der Waals surface area contributed by atoms with Gasteiger partial charge >= 0.3 is 12.1 Å². The maximum absolute atomic E-state index is 12.1. The van der Waals surface area contributed by atoms with E-state index in [1.807, 2.05) is 0 Å². The first kappa shape index (κ1) is 12.4. The van der Waals surface area contributed by atoms with Crippen molar-refractivity contribution in [3.63, 3.8) is 0 Å². The predicted molar refractivity (Wildman–Crippen MR) is 47.4 cm³/mol. The summed E-state index contributed by atoms with van der Waals surface area (Å²) < 4.78 is 41.0. The number of esters is 1.